The fourth-order valence-electron chi connectivity index (χ4n) is 8.41. The number of ketones is 1. The van der Waals surface area contributed by atoms with Crippen LogP contribution in [0, 0.1) is 93.6 Å². The number of aliphatic hydroxyl groups excluding tert-OH is 2. The second-order valence-electron chi connectivity index (χ2n) is 48.3. The third-order valence-electron chi connectivity index (χ3n) is 17.6. The van der Waals surface area contributed by atoms with E-state index < -0.39 is 25.9 Å². The molecule has 2 unspecified atom stereocenters. The van der Waals surface area contributed by atoms with Crippen molar-refractivity contribution in [2.45, 2.75) is 425 Å². The lowest BCUT2D eigenvalue weighted by molar-refractivity contribution is -0.149. The van der Waals surface area contributed by atoms with E-state index in [9.17, 15) is 37.5 Å². The monoisotopic (exact) mass is 1850 g/mol. The molecule has 24 heteroatoms. The first-order chi connectivity index (χ1) is 56.0. The van der Waals surface area contributed by atoms with Crippen molar-refractivity contribution in [1.82, 2.24) is 9.80 Å². The quantitative estimate of drug-likeness (QED) is 0.0419. The summed E-state index contributed by atoms with van der Waals surface area (Å²) in [7, 11) is -0.586. The van der Waals surface area contributed by atoms with Gasteiger partial charge in [0.15, 0.2) is 7.37 Å². The molecule has 0 aromatic carbocycles. The topological polar surface area (TPSA) is 316 Å². The number of nitrogens with zero attached hydrogens (tertiary/aromatic N) is 4. The zero-order valence-corrected chi connectivity index (χ0v) is 94.0. The first kappa shape index (κ1) is 148. The Balaban J connectivity index is -0.000000112. The first-order valence-electron chi connectivity index (χ1n) is 46.7. The molecule has 2 heterocycles. The Hall–Kier alpha value is -3.40. The summed E-state index contributed by atoms with van der Waals surface area (Å²) >= 11 is 0. The zero-order valence-electron chi connectivity index (χ0n) is 92.2. The van der Waals surface area contributed by atoms with Gasteiger partial charge in [0.25, 0.3) is 0 Å². The molecule has 0 saturated carbocycles. The summed E-state index contributed by atoms with van der Waals surface area (Å²) < 4.78 is 64.1. The van der Waals surface area contributed by atoms with Gasteiger partial charge in [0.05, 0.1) is 57.8 Å². The van der Waals surface area contributed by atoms with Crippen LogP contribution in [0.4, 0.5) is 4.39 Å². The van der Waals surface area contributed by atoms with Gasteiger partial charge in [-0.25, -0.2) is 0 Å². The van der Waals surface area contributed by atoms with Gasteiger partial charge in [0.2, 0.25) is 13.3 Å². The highest BCUT2D eigenvalue weighted by Gasteiger charge is 2.36. The Morgan fingerprint density at radius 3 is 1.06 bits per heavy atom. The summed E-state index contributed by atoms with van der Waals surface area (Å²) in [5.41, 5.74) is 7.39. The SMILES string of the molecule is CC(=O)C(C)(C)C.CC(C)(C)CC(N)=O.CC(C)(C)CCC#N.CC(C)(C)CCC(=O)O.CC(C)(C)CCF.CC(C)(C)CCN1CCCCC1.CC(C)(C)CCN1CCOCC1.CC(C)(C)CCO.CC(C)CC#N.CCOC(=O)CCC(C)(C)C.CCOP(C)(=O)CCC(C)(C)C.COC(=O)C(C)(C)C.COCCCC(C)(C)C.COP(=O)(CO)C(C)(C)C. The van der Waals surface area contributed by atoms with Crippen LogP contribution in [0.25, 0.3) is 0 Å². The molecule has 0 bridgehead atoms. The van der Waals surface area contributed by atoms with E-state index in [0.717, 1.165) is 65.0 Å². The highest BCUT2D eigenvalue weighted by molar-refractivity contribution is 7.60. The number of carbonyl (C=O) groups is 5. The van der Waals surface area contributed by atoms with Gasteiger partial charge in [-0.3, -0.25) is 42.4 Å². The number of halogens is 1. The Labute approximate surface area is 781 Å². The number of carboxylic acids is 1. The molecule has 2 saturated heterocycles. The zero-order chi connectivity index (χ0) is 103. The number of alkyl halides is 1. The van der Waals surface area contributed by atoms with Crippen LogP contribution >= 0.6 is 14.7 Å². The van der Waals surface area contributed by atoms with Crippen molar-refractivity contribution in [2.75, 3.05) is 126 Å². The maximum absolute atomic E-state index is 11.6. The molecule has 0 spiro atoms. The summed E-state index contributed by atoms with van der Waals surface area (Å²) in [6, 6.07) is 4.19. The second kappa shape index (κ2) is 77.0. The van der Waals surface area contributed by atoms with Crippen LogP contribution in [-0.2, 0) is 61.1 Å². The number of nitriles is 2. The van der Waals surface area contributed by atoms with Gasteiger partial charge < -0.3 is 53.9 Å². The number of morpholine rings is 1. The van der Waals surface area contributed by atoms with Crippen LogP contribution in [0.15, 0.2) is 0 Å². The fourth-order valence-corrected chi connectivity index (χ4v) is 11.3. The number of ether oxygens (including phenoxy) is 4. The van der Waals surface area contributed by atoms with Gasteiger partial charge >= 0.3 is 17.9 Å². The molecule has 0 aliphatic carbocycles. The molecule has 2 aliphatic heterocycles. The molecule has 0 aromatic heterocycles. The van der Waals surface area contributed by atoms with Crippen molar-refractivity contribution >= 4 is 44.3 Å². The molecule has 2 aliphatic rings. The first-order valence-corrected chi connectivity index (χ1v) is 50.7. The number of rotatable bonds is 23. The minimum Gasteiger partial charge on any atom is -0.481 e. The summed E-state index contributed by atoms with van der Waals surface area (Å²) in [6.07, 6.45) is 17.5. The maximum Gasteiger partial charge on any atom is 0.310 e. The van der Waals surface area contributed by atoms with Crippen molar-refractivity contribution in [3.8, 4) is 12.1 Å². The van der Waals surface area contributed by atoms with Crippen molar-refractivity contribution in [3.05, 3.63) is 0 Å². The predicted molar refractivity (Wildman–Crippen MR) is 539 cm³/mol. The molecule has 2 rings (SSSR count). The minimum absolute atomic E-state index is 0.0475. The Bertz CT molecular complexity index is 2720. The lowest BCUT2D eigenvalue weighted by Gasteiger charge is -2.29. The molecule has 126 heavy (non-hydrogen) atoms. The number of hydrogen-bond acceptors (Lipinski definition) is 19. The van der Waals surface area contributed by atoms with E-state index in [2.05, 4.69) is 172 Å². The number of carboxylic acid groups (broad SMARTS) is 1. The number of nitrogens with two attached hydrogens (primary N) is 1. The normalized spacial score (nSPS) is 14.3. The van der Waals surface area contributed by atoms with E-state index in [0.29, 0.717) is 91.1 Å². The summed E-state index contributed by atoms with van der Waals surface area (Å²) in [5.74, 6) is -0.398. The number of amides is 1. The number of carbonyl (C=O) groups excluding carboxylic acids is 4. The third kappa shape index (κ3) is 152. The van der Waals surface area contributed by atoms with Gasteiger partial charge in [-0.05, 0) is 205 Å². The van der Waals surface area contributed by atoms with Crippen molar-refractivity contribution < 1.29 is 80.8 Å². The average Bonchev–Trinajstić information content (AvgIpc) is 0.834. The summed E-state index contributed by atoms with van der Waals surface area (Å²) in [5, 5.41) is 41.1. The molecule has 2 fully saturated rings. The van der Waals surface area contributed by atoms with Gasteiger partial charge in [-0.15, -0.1) is 0 Å². The van der Waals surface area contributed by atoms with Crippen LogP contribution in [0.1, 0.15) is 420 Å². The number of likely N-dealkylation sites (tertiary alicyclic amines) is 1. The second-order valence-corrected chi connectivity index (χ2v) is 54.4. The Morgan fingerprint density at radius 2 is 0.881 bits per heavy atom. The highest BCUT2D eigenvalue weighted by Crippen LogP contribution is 2.57. The Kier molecular flexibility index (Phi) is 90.5. The number of Topliss-reactive ketones (excluding diaryl/α,β-unsaturated/α-hetero) is 1. The van der Waals surface area contributed by atoms with E-state index in [1.807, 2.05) is 132 Å². The van der Waals surface area contributed by atoms with Crippen LogP contribution < -0.4 is 5.73 Å². The third-order valence-corrected chi connectivity index (χ3v) is 22.4. The minimum atomic E-state index is -2.81. The van der Waals surface area contributed by atoms with Gasteiger partial charge in [-0.1, -0.05) is 270 Å². The largest absolute Gasteiger partial charge is 0.481 e. The number of esters is 2. The highest BCUT2D eigenvalue weighted by atomic mass is 31.2. The molecule has 2 atom stereocenters. The number of methoxy groups -OCH3 is 2. The van der Waals surface area contributed by atoms with E-state index in [-0.39, 0.29) is 81.0 Å². The number of hydrogen-bond donors (Lipinski definition) is 4. The molecule has 5 N–H and O–H groups in total. The van der Waals surface area contributed by atoms with E-state index in [1.54, 1.807) is 41.5 Å². The van der Waals surface area contributed by atoms with Gasteiger partial charge in [-0.2, -0.15) is 10.5 Å². The predicted octanol–water partition coefficient (Wildman–Crippen LogP) is 27.9. The van der Waals surface area contributed by atoms with Crippen LogP contribution in [0.3, 0.4) is 0 Å². The summed E-state index contributed by atoms with van der Waals surface area (Å²) in [4.78, 5) is 57.3. The van der Waals surface area contributed by atoms with Crippen molar-refractivity contribution in [2.24, 2.45) is 76.6 Å². The van der Waals surface area contributed by atoms with Crippen LogP contribution in [-0.4, -0.2) is 186 Å². The van der Waals surface area contributed by atoms with Gasteiger partial charge in [0, 0.05) is 96.0 Å². The molecule has 0 radical (unpaired) electrons. The van der Waals surface area contributed by atoms with E-state index >= 15 is 0 Å². The summed E-state index contributed by atoms with van der Waals surface area (Å²) in [6.45, 7) is 103. The standard InChI is InChI=1S/C11H23N.C10H21NO.C9H21O2P.C9H18O2.C8H18O.C7H13N.C7H14O2.C6H13F.C6H13NO.C6H15O3P.C6H12O2.C6H14O.C6H12O.C5H9N/c1-11(2,3)7-10-12-8-5-4-6-9-12;1-10(2,3)4-5-11-6-8-12-9-7-11;1-6-11-12(5,10)8-7-9(2,3)4;1-5-11-8(10)6-7-9(2,3)4;1-8(2,3)6-5-7-9-4;1-7(2,3)5-4-6-8;1-7(2,3)5-4-6(8)9;1-6(2,3)4-5-7;1-6(2,3)4-5(7)8;1-6(2,3)10(8,5-7)9-4;1-6(2,3)5(7)8-4;1-6(2,3)4-5-7;1-5(7)6(2,3)4;1-5(2)3-4-6/h4-10H2,1-3H3;4-9H2,1-3H3;6-8H2,1-5H3;5-7H2,1-4H3;5-7H2,1-4H3;4-5H2,1-3H3;4-5H2,1-3H3,(H,8,9);4-5H2,1-3H3;4H2,1-3H3,(H2,7,8);7H,5H2,1-4H3;1-4H3;7H,4-5H2,1-3H3;1-4H3;5H,3H2,1-2H3. The maximum atomic E-state index is 11.6. The molecular weight excluding hydrogens is 1630 g/mol. The number of piperidine rings is 1. The number of aliphatic hydroxyl groups is 2. The smallest absolute Gasteiger partial charge is 0.310 e. The molecular formula is C102H216FN5O16P2. The van der Waals surface area contributed by atoms with Crippen molar-refractivity contribution in [1.29, 1.82) is 10.5 Å². The van der Waals surface area contributed by atoms with Crippen LogP contribution in [0.2, 0.25) is 0 Å². The van der Waals surface area contributed by atoms with E-state index in [1.165, 1.54) is 85.3 Å². The number of aliphatic carboxylic acids is 1. The molecule has 762 valence electrons. The Morgan fingerprint density at radius 1 is 0.508 bits per heavy atom. The molecule has 21 nitrogen and oxygen atoms in total. The van der Waals surface area contributed by atoms with Crippen LogP contribution in [0.5, 0.6) is 0 Å². The number of primary amides is 1. The van der Waals surface area contributed by atoms with E-state index in [4.69, 9.17) is 54.8 Å². The van der Waals surface area contributed by atoms with Gasteiger partial charge in [0.1, 0.15) is 12.1 Å². The lowest BCUT2D eigenvalue weighted by Crippen LogP contribution is -2.37. The van der Waals surface area contributed by atoms with Crippen molar-refractivity contribution in [3.63, 3.8) is 0 Å². The lowest BCUT2D eigenvalue weighted by atomic mass is 9.91. The fraction of sp³-hybridized carbons (Fsp3) is 0.931. The molecule has 1 amide bonds. The average molecular weight is 1850 g/mol. The molecule has 0 aromatic rings.